The normalized spacial score (nSPS) is 14.1. The number of hydrogen-bond donors (Lipinski definition) is 0. The van der Waals surface area contributed by atoms with E-state index in [9.17, 15) is 31.1 Å². The fraction of sp³-hybridized carbons (Fsp3) is 0.375. The lowest BCUT2D eigenvalue weighted by Crippen LogP contribution is -2.41. The molecule has 0 saturated heterocycles. The number of aryl methyl sites for hydroxylation is 1. The summed E-state index contributed by atoms with van der Waals surface area (Å²) in [5.74, 6) is 0.903. The fourth-order valence-electron chi connectivity index (χ4n) is 5.71. The Morgan fingerprint density at radius 3 is 2.33 bits per heavy atom. The van der Waals surface area contributed by atoms with Gasteiger partial charge in [0.1, 0.15) is 5.75 Å². The fourth-order valence-corrected chi connectivity index (χ4v) is 5.97. The lowest BCUT2D eigenvalue weighted by molar-refractivity contribution is -0.142. The quantitative estimate of drug-likeness (QED) is 0.160. The van der Waals surface area contributed by atoms with Gasteiger partial charge in [-0.2, -0.15) is 31.4 Å². The minimum Gasteiger partial charge on any atom is -0.495 e. The van der Waals surface area contributed by atoms with Crippen LogP contribution in [-0.2, 0) is 30.1 Å². The molecule has 14 heteroatoms. The maximum atomic E-state index is 13.7. The highest BCUT2D eigenvalue weighted by Crippen LogP contribution is 2.37. The average molecular weight is 666 g/mol. The molecule has 1 amide bonds. The number of methoxy groups -OCH3 is 1. The molecule has 0 aliphatic heterocycles. The smallest absolute Gasteiger partial charge is 0.416 e. The number of carbonyl (C=O) groups is 1. The van der Waals surface area contributed by atoms with E-state index in [1.54, 1.807) is 52.3 Å². The molecule has 46 heavy (non-hydrogen) atoms. The van der Waals surface area contributed by atoms with Gasteiger partial charge in [-0.1, -0.05) is 24.4 Å². The van der Waals surface area contributed by atoms with Gasteiger partial charge in [-0.05, 0) is 73.4 Å². The third-order valence-electron chi connectivity index (χ3n) is 8.00. The molecule has 0 bridgehead atoms. The van der Waals surface area contributed by atoms with Gasteiger partial charge >= 0.3 is 12.4 Å². The SMILES string of the molecule is COc1ccc(-c2nc(-c3ccncc3)nn2CCN(C(=O)CCc2cc(C(F)(F)F)ccc2C(F)(F)F)C2CCCC2)cc1Cl. The first-order chi connectivity index (χ1) is 21.8. The van der Waals surface area contributed by atoms with Gasteiger partial charge in [0, 0.05) is 42.5 Å². The highest BCUT2D eigenvalue weighted by molar-refractivity contribution is 6.32. The van der Waals surface area contributed by atoms with Crippen molar-refractivity contribution in [3.05, 3.63) is 82.6 Å². The van der Waals surface area contributed by atoms with Gasteiger partial charge in [0.2, 0.25) is 5.91 Å². The first-order valence-corrected chi connectivity index (χ1v) is 15.0. The maximum absolute atomic E-state index is 13.7. The Bertz CT molecular complexity index is 1670. The van der Waals surface area contributed by atoms with E-state index in [1.807, 2.05) is 0 Å². The van der Waals surface area contributed by atoms with E-state index in [2.05, 4.69) is 10.1 Å². The number of rotatable bonds is 10. The van der Waals surface area contributed by atoms with Crippen LogP contribution in [0.1, 0.15) is 48.8 Å². The van der Waals surface area contributed by atoms with Crippen molar-refractivity contribution in [1.29, 1.82) is 0 Å². The van der Waals surface area contributed by atoms with E-state index in [1.165, 1.54) is 7.11 Å². The second-order valence-corrected chi connectivity index (χ2v) is 11.4. The minimum absolute atomic E-state index is 0.154. The summed E-state index contributed by atoms with van der Waals surface area (Å²) in [5, 5.41) is 5.04. The van der Waals surface area contributed by atoms with Crippen molar-refractivity contribution < 1.29 is 35.9 Å². The summed E-state index contributed by atoms with van der Waals surface area (Å²) in [4.78, 5) is 24.0. The second-order valence-electron chi connectivity index (χ2n) is 11.0. The van der Waals surface area contributed by atoms with E-state index < -0.39 is 41.4 Å². The van der Waals surface area contributed by atoms with Crippen LogP contribution >= 0.6 is 11.6 Å². The van der Waals surface area contributed by atoms with E-state index in [-0.39, 0.29) is 25.6 Å². The third-order valence-corrected chi connectivity index (χ3v) is 8.30. The van der Waals surface area contributed by atoms with Crippen molar-refractivity contribution in [2.45, 2.75) is 63.5 Å². The number of aromatic nitrogens is 4. The number of pyridine rings is 1. The van der Waals surface area contributed by atoms with Gasteiger partial charge < -0.3 is 9.64 Å². The van der Waals surface area contributed by atoms with Crippen molar-refractivity contribution in [2.24, 2.45) is 0 Å². The zero-order chi connectivity index (χ0) is 33.1. The molecular formula is C32H30ClF6N5O2. The van der Waals surface area contributed by atoms with Crippen molar-refractivity contribution in [1.82, 2.24) is 24.6 Å². The number of carbonyl (C=O) groups excluding carboxylic acids is 1. The van der Waals surface area contributed by atoms with Crippen LogP contribution in [0.25, 0.3) is 22.8 Å². The molecule has 0 atom stereocenters. The van der Waals surface area contributed by atoms with E-state index in [0.29, 0.717) is 64.6 Å². The van der Waals surface area contributed by atoms with Gasteiger partial charge in [-0.15, -0.1) is 0 Å². The number of halogens is 7. The lowest BCUT2D eigenvalue weighted by atomic mass is 9.98. The predicted molar refractivity (Wildman–Crippen MR) is 159 cm³/mol. The van der Waals surface area contributed by atoms with Crippen LogP contribution in [0.5, 0.6) is 5.75 Å². The Balaban J connectivity index is 1.41. The highest BCUT2D eigenvalue weighted by Gasteiger charge is 2.37. The largest absolute Gasteiger partial charge is 0.495 e. The van der Waals surface area contributed by atoms with Gasteiger partial charge in [-0.25, -0.2) is 9.67 Å². The van der Waals surface area contributed by atoms with Gasteiger partial charge in [0.25, 0.3) is 0 Å². The summed E-state index contributed by atoms with van der Waals surface area (Å²) in [6, 6.07) is 9.82. The number of nitrogens with zero attached hydrogens (tertiary/aromatic N) is 5. The Morgan fingerprint density at radius 2 is 1.70 bits per heavy atom. The number of amides is 1. The predicted octanol–water partition coefficient (Wildman–Crippen LogP) is 8.11. The number of benzene rings is 2. The van der Waals surface area contributed by atoms with Crippen molar-refractivity contribution in [3.8, 4) is 28.5 Å². The molecule has 4 aromatic rings. The summed E-state index contributed by atoms with van der Waals surface area (Å²) in [7, 11) is 1.50. The van der Waals surface area contributed by atoms with E-state index in [4.69, 9.17) is 21.3 Å². The van der Waals surface area contributed by atoms with Crippen LogP contribution in [0.4, 0.5) is 26.3 Å². The molecular weight excluding hydrogens is 636 g/mol. The van der Waals surface area contributed by atoms with Crippen LogP contribution < -0.4 is 4.74 Å². The van der Waals surface area contributed by atoms with Crippen molar-refractivity contribution in [3.63, 3.8) is 0 Å². The topological polar surface area (TPSA) is 73.1 Å². The van der Waals surface area contributed by atoms with Crippen molar-refractivity contribution >= 4 is 17.5 Å². The molecule has 5 rings (SSSR count). The molecule has 1 saturated carbocycles. The molecule has 0 spiro atoms. The number of alkyl halides is 6. The monoisotopic (exact) mass is 665 g/mol. The van der Waals surface area contributed by atoms with Crippen LogP contribution in [0.3, 0.4) is 0 Å². The molecule has 2 aromatic carbocycles. The zero-order valence-corrected chi connectivity index (χ0v) is 25.5. The molecule has 1 fully saturated rings. The first kappa shape index (κ1) is 33.2. The van der Waals surface area contributed by atoms with E-state index >= 15 is 0 Å². The highest BCUT2D eigenvalue weighted by atomic mass is 35.5. The Hall–Kier alpha value is -4.13. The molecule has 1 aliphatic carbocycles. The molecule has 7 nitrogen and oxygen atoms in total. The summed E-state index contributed by atoms with van der Waals surface area (Å²) in [6.07, 6.45) is -4.17. The summed E-state index contributed by atoms with van der Waals surface area (Å²) in [5.41, 5.74) is -1.60. The molecule has 0 unspecified atom stereocenters. The molecule has 2 heterocycles. The van der Waals surface area contributed by atoms with Crippen LogP contribution in [0, 0.1) is 0 Å². The van der Waals surface area contributed by atoms with Crippen molar-refractivity contribution in [2.75, 3.05) is 13.7 Å². The second kappa shape index (κ2) is 13.7. The van der Waals surface area contributed by atoms with Gasteiger partial charge in [0.05, 0.1) is 29.8 Å². The van der Waals surface area contributed by atoms with Gasteiger partial charge in [0.15, 0.2) is 11.6 Å². The number of hydrogen-bond acceptors (Lipinski definition) is 5. The molecule has 0 N–H and O–H groups in total. The molecule has 244 valence electrons. The standard InChI is InChI=1S/C32H30ClF6N5O2/c1-46-27-10-6-22(19-26(27)33)30-41-29(20-12-14-40-15-13-20)42-44(30)17-16-43(24-4-2-3-5-24)28(45)11-7-21-18-23(31(34,35)36)8-9-25(21)32(37,38)39/h6,8-10,12-15,18-19,24H,2-5,7,11,16-17H2,1H3. The molecule has 0 radical (unpaired) electrons. The maximum Gasteiger partial charge on any atom is 0.416 e. The number of ether oxygens (including phenoxy) is 1. The molecule has 1 aliphatic rings. The van der Waals surface area contributed by atoms with Gasteiger partial charge in [-0.3, -0.25) is 9.78 Å². The summed E-state index contributed by atoms with van der Waals surface area (Å²) >= 11 is 6.39. The van der Waals surface area contributed by atoms with Crippen LogP contribution in [0.15, 0.2) is 60.9 Å². The summed E-state index contributed by atoms with van der Waals surface area (Å²) in [6.45, 7) is 0.352. The van der Waals surface area contributed by atoms with Crippen LogP contribution in [-0.4, -0.2) is 50.3 Å². The zero-order valence-electron chi connectivity index (χ0n) is 24.7. The Morgan fingerprint density at radius 1 is 0.978 bits per heavy atom. The lowest BCUT2D eigenvalue weighted by Gasteiger charge is -2.29. The third kappa shape index (κ3) is 7.63. The molecule has 2 aromatic heterocycles. The van der Waals surface area contributed by atoms with Crippen LogP contribution in [0.2, 0.25) is 5.02 Å². The average Bonchev–Trinajstić information content (AvgIpc) is 3.70. The Labute approximate surface area is 266 Å². The van der Waals surface area contributed by atoms with E-state index in [0.717, 1.165) is 12.8 Å². The first-order valence-electron chi connectivity index (χ1n) is 14.6. The minimum atomic E-state index is -4.87. The Kier molecular flexibility index (Phi) is 9.90. The summed E-state index contributed by atoms with van der Waals surface area (Å²) < 4.78 is 87.9.